The molecular weight excluding hydrogens is 1440 g/mol. The fourth-order valence-corrected chi connectivity index (χ4v) is 12.7. The van der Waals surface area contributed by atoms with Crippen molar-refractivity contribution in [1.29, 1.82) is 5.26 Å². The maximum Gasteiger partial charge on any atom is 0.410 e. The lowest BCUT2D eigenvalue weighted by Gasteiger charge is -2.34. The van der Waals surface area contributed by atoms with Crippen LogP contribution in [0.2, 0.25) is 0 Å². The zero-order valence-corrected chi connectivity index (χ0v) is 59.8. The van der Waals surface area contributed by atoms with Crippen molar-refractivity contribution in [1.82, 2.24) is 5.32 Å². The number of nitro groups is 1. The van der Waals surface area contributed by atoms with Gasteiger partial charge in [-0.05, 0) is 68.1 Å². The SMILES string of the molecule is CCOC(=O)/C(=C1\C(c2c(O)cc(OC)cc2O)=C(O)C1c1c(O)cc(OC)cc1O)[N+](=O)[O-].CCc1cc(O)c(C2=C(O)C(c3c(O)cc(O)cc3O)C2=O)c(O)c1.COc1cc(O)c(C2=C(NC#N)C(c3c(O)cc(OC)cc3O)C2=O)c(O)c1.COc1ccc(C2C(=O)C(c3ccccc3)=C2OC(C)C)cc1. The number of Topliss-reactive ketones (excluding diaryl/α,β-unsaturated/α-hetero) is 3. The molecule has 4 aliphatic carbocycles. The number of nitrogens with one attached hydrogen (secondary N) is 1. The molecule has 8 aromatic carbocycles. The highest BCUT2D eigenvalue weighted by molar-refractivity contribution is 6.35. The smallest absolute Gasteiger partial charge is 0.410 e. The van der Waals surface area contributed by atoms with Gasteiger partial charge in [-0.15, -0.1) is 0 Å². The van der Waals surface area contributed by atoms with Gasteiger partial charge < -0.3 is 110 Å². The number of ketones is 3. The molecule has 0 saturated heterocycles. The number of rotatable bonds is 20. The van der Waals surface area contributed by atoms with E-state index >= 15 is 0 Å². The van der Waals surface area contributed by atoms with Gasteiger partial charge >= 0.3 is 11.7 Å². The predicted molar refractivity (Wildman–Crippen MR) is 390 cm³/mol. The van der Waals surface area contributed by atoms with Crippen LogP contribution in [0.25, 0.3) is 22.3 Å². The van der Waals surface area contributed by atoms with Crippen molar-refractivity contribution in [3.05, 3.63) is 222 Å². The number of aryl methyl sites for hydroxylation is 1. The Morgan fingerprint density at radius 1 is 0.482 bits per heavy atom. The molecule has 0 heterocycles. The summed E-state index contributed by atoms with van der Waals surface area (Å²) in [6.45, 7) is 6.99. The van der Waals surface area contributed by atoms with Crippen molar-refractivity contribution in [3.63, 3.8) is 0 Å². The van der Waals surface area contributed by atoms with E-state index in [2.05, 4.69) is 5.32 Å². The van der Waals surface area contributed by atoms with E-state index in [0.29, 0.717) is 17.6 Å². The summed E-state index contributed by atoms with van der Waals surface area (Å²) < 4.78 is 35.7. The number of methoxy groups -OCH3 is 5. The number of allylic oxidation sites excluding steroid dienone is 8. The van der Waals surface area contributed by atoms with Gasteiger partial charge in [0.05, 0.1) is 126 Å². The molecule has 0 aliphatic heterocycles. The van der Waals surface area contributed by atoms with Crippen LogP contribution in [0.5, 0.6) is 103 Å². The highest BCUT2D eigenvalue weighted by atomic mass is 16.6. The maximum atomic E-state index is 12.9. The Labute approximate surface area is 625 Å². The third kappa shape index (κ3) is 15.2. The average Bonchev–Trinajstić information content (AvgIpc) is 0.719. The van der Waals surface area contributed by atoms with E-state index in [1.54, 1.807) is 13.3 Å². The van der Waals surface area contributed by atoms with Crippen LogP contribution in [0.4, 0.5) is 0 Å². The number of ether oxygens (including phenoxy) is 7. The first kappa shape index (κ1) is 79.5. The normalized spacial score (nSPS) is 16.5. The van der Waals surface area contributed by atoms with E-state index < -0.39 is 137 Å². The second-order valence-corrected chi connectivity index (χ2v) is 24.7. The van der Waals surface area contributed by atoms with Crippen molar-refractivity contribution in [2.24, 2.45) is 0 Å². The zero-order chi connectivity index (χ0) is 80.8. The van der Waals surface area contributed by atoms with E-state index in [1.165, 1.54) is 71.8 Å². The first-order valence-corrected chi connectivity index (χ1v) is 33.0. The summed E-state index contributed by atoms with van der Waals surface area (Å²) in [6.07, 6.45) is 2.26. The molecule has 0 fully saturated rings. The molecule has 16 N–H and O–H groups in total. The Hall–Kier alpha value is -14.6. The molecule has 0 bridgehead atoms. The van der Waals surface area contributed by atoms with Crippen molar-refractivity contribution < 1.29 is 134 Å². The van der Waals surface area contributed by atoms with Gasteiger partial charge in [-0.1, -0.05) is 49.4 Å². The quantitative estimate of drug-likeness (QED) is 0.00841. The lowest BCUT2D eigenvalue weighted by molar-refractivity contribution is -0.422. The van der Waals surface area contributed by atoms with Crippen molar-refractivity contribution in [2.75, 3.05) is 42.2 Å². The van der Waals surface area contributed by atoms with E-state index in [0.717, 1.165) is 59.0 Å². The van der Waals surface area contributed by atoms with Crippen LogP contribution in [0.15, 0.2) is 162 Å². The van der Waals surface area contributed by atoms with Crippen LogP contribution < -0.4 is 29.0 Å². The summed E-state index contributed by atoms with van der Waals surface area (Å²) in [5.74, 6) is -12.5. The van der Waals surface area contributed by atoms with Gasteiger partial charge in [-0.25, -0.2) is 4.79 Å². The van der Waals surface area contributed by atoms with E-state index in [9.17, 15) is 106 Å². The number of phenols is 13. The molecule has 572 valence electrons. The molecule has 12 rings (SSSR count). The number of hydrogen-bond donors (Lipinski definition) is 16. The Morgan fingerprint density at radius 2 is 0.864 bits per heavy atom. The highest BCUT2D eigenvalue weighted by Crippen LogP contribution is 2.61. The van der Waals surface area contributed by atoms with Gasteiger partial charge in [0.1, 0.15) is 133 Å². The Morgan fingerprint density at radius 3 is 1.27 bits per heavy atom. The molecule has 4 atom stereocenters. The van der Waals surface area contributed by atoms with Gasteiger partial charge in [0, 0.05) is 66.2 Å². The molecule has 8 aromatic rings. The molecule has 31 heteroatoms. The molecule has 0 radical (unpaired) electrons. The number of nitriles is 1. The number of aromatic hydroxyl groups is 13. The number of phenolic OH excluding ortho intramolecular Hbond substituents is 13. The van der Waals surface area contributed by atoms with Crippen molar-refractivity contribution >= 4 is 45.6 Å². The van der Waals surface area contributed by atoms with Crippen molar-refractivity contribution in [3.8, 4) is 110 Å². The van der Waals surface area contributed by atoms with Crippen LogP contribution in [0, 0.1) is 21.6 Å². The highest BCUT2D eigenvalue weighted by Gasteiger charge is 2.52. The lowest BCUT2D eigenvalue weighted by atomic mass is 9.69. The van der Waals surface area contributed by atoms with Crippen LogP contribution in [-0.4, -0.2) is 153 Å². The third-order valence-corrected chi connectivity index (χ3v) is 17.8. The van der Waals surface area contributed by atoms with E-state index in [-0.39, 0.29) is 104 Å². The average molecular weight is 1510 g/mol. The molecule has 0 saturated carbocycles. The molecule has 110 heavy (non-hydrogen) atoms. The first-order chi connectivity index (χ1) is 52.3. The van der Waals surface area contributed by atoms with E-state index in [1.807, 2.05) is 75.4 Å². The van der Waals surface area contributed by atoms with Crippen LogP contribution in [-0.2, 0) is 35.1 Å². The molecule has 0 amide bonds. The largest absolute Gasteiger partial charge is 0.511 e. The van der Waals surface area contributed by atoms with Gasteiger partial charge in [0.25, 0.3) is 0 Å². The number of aliphatic hydroxyl groups is 2. The maximum absolute atomic E-state index is 12.9. The lowest BCUT2D eigenvalue weighted by Crippen LogP contribution is -2.34. The monoisotopic (exact) mass is 1510 g/mol. The topological polar surface area (TPSA) is 515 Å². The summed E-state index contributed by atoms with van der Waals surface area (Å²) in [5.41, 5.74) is -0.858. The summed E-state index contributed by atoms with van der Waals surface area (Å²) in [5, 5.41) is 177. The number of aliphatic hydroxyl groups excluding tert-OH is 2. The fourth-order valence-electron chi connectivity index (χ4n) is 12.7. The molecule has 0 spiro atoms. The third-order valence-electron chi connectivity index (χ3n) is 17.8. The van der Waals surface area contributed by atoms with Gasteiger partial charge in [-0.3, -0.25) is 29.8 Å². The minimum Gasteiger partial charge on any atom is -0.511 e. The fraction of sp³-hybridized carbons (Fsp3) is 0.203. The Bertz CT molecular complexity index is 5100. The number of nitrogens with zero attached hydrogens (tertiary/aromatic N) is 2. The number of carbonyl (C=O) groups is 4. The predicted octanol–water partition coefficient (Wildman–Crippen LogP) is 11.0. The van der Waals surface area contributed by atoms with Crippen LogP contribution in [0.3, 0.4) is 0 Å². The van der Waals surface area contributed by atoms with Gasteiger partial charge in [-0.2, -0.15) is 5.26 Å². The first-order valence-electron chi connectivity index (χ1n) is 33.0. The standard InChI is InChI=1S/C22H21NO11.C20H20O3.C19H16N2O7.C18H16O7/c1-4-34-22(29)20(23(30)31)17-18(15-11(24)5-9(32-2)6-12(15)25)21(28)19(17)16-13(26)7-10(33-3)8-14(16)27;1-13(2)23-20-17(14-7-5-4-6-8-14)19(21)18(20)15-9-11-16(22-3)12-10-15;1-27-8-3-10(22)14(11(23)4-8)16-18(21-7-20)17(19(16)26)15-12(24)5-9(28-2)6-13(15)25;1-2-7-3-9(20)13(10(21)4-7)15-17(24)16(18(15)25)14-11(22)5-8(19)6-12(14)23/h5-8,18,24-28H,4H2,1-3H3;4-13,18H,1-3H3;3-6,16,21-25H,1-2H3;3-6,16,19-24H,2H2,1H3/b20-17+;;;. The molecule has 31 nitrogen and oxygen atoms in total. The summed E-state index contributed by atoms with van der Waals surface area (Å²) in [6, 6.07) is 31.1. The Balaban J connectivity index is 0.000000170. The zero-order valence-electron chi connectivity index (χ0n) is 59.8. The van der Waals surface area contributed by atoms with E-state index in [4.69, 9.17) is 38.4 Å². The van der Waals surface area contributed by atoms with Crippen molar-refractivity contribution in [2.45, 2.75) is 63.9 Å². The van der Waals surface area contributed by atoms with Gasteiger partial charge in [0.15, 0.2) is 23.5 Å². The number of benzene rings is 8. The molecule has 0 aromatic heterocycles. The number of hydrogen-bond acceptors (Lipinski definition) is 30. The minimum atomic E-state index is -1.58. The van der Waals surface area contributed by atoms with Crippen LogP contribution in [0.1, 0.15) is 101 Å². The molecule has 4 unspecified atom stereocenters. The Kier molecular flexibility index (Phi) is 23.7. The second kappa shape index (κ2) is 32.8. The second-order valence-electron chi connectivity index (χ2n) is 24.7. The number of carbonyl (C=O) groups excluding carboxylic acids is 4. The molecular formula is C79H73N3O28. The van der Waals surface area contributed by atoms with Gasteiger partial charge in [0.2, 0.25) is 0 Å². The summed E-state index contributed by atoms with van der Waals surface area (Å²) in [4.78, 5) is 61.4. The van der Waals surface area contributed by atoms with Crippen LogP contribution >= 0.6 is 0 Å². The number of esters is 1. The summed E-state index contributed by atoms with van der Waals surface area (Å²) >= 11 is 0. The summed E-state index contributed by atoms with van der Waals surface area (Å²) in [7, 11) is 6.87. The molecule has 4 aliphatic rings. The minimum absolute atomic E-state index is 0.0130.